The molecule has 4 aromatic rings. The van der Waals surface area contributed by atoms with Gasteiger partial charge in [0.1, 0.15) is 23.0 Å². The van der Waals surface area contributed by atoms with Crippen LogP contribution in [0.5, 0.6) is 17.2 Å². The molecule has 1 N–H and O–H groups in total. The maximum absolute atomic E-state index is 13.5. The van der Waals surface area contributed by atoms with E-state index in [-0.39, 0.29) is 17.9 Å². The average Bonchev–Trinajstić information content (AvgIpc) is 3.19. The van der Waals surface area contributed by atoms with Crippen molar-refractivity contribution in [3.63, 3.8) is 0 Å². The van der Waals surface area contributed by atoms with E-state index in [1.807, 2.05) is 56.3 Å². The Balaban J connectivity index is 1.62. The summed E-state index contributed by atoms with van der Waals surface area (Å²) in [4.78, 5) is 32.5. The lowest BCUT2D eigenvalue weighted by molar-refractivity contribution is -0.140. The normalized spacial score (nSPS) is 16.4. The summed E-state index contributed by atoms with van der Waals surface area (Å²) in [5.74, 6) is 0.187. The van der Waals surface area contributed by atoms with Gasteiger partial charge in [-0.05, 0) is 79.1 Å². The van der Waals surface area contributed by atoms with E-state index >= 15 is 0 Å². The maximum atomic E-state index is 13.5. The highest BCUT2D eigenvalue weighted by molar-refractivity contribution is 6.46. The summed E-state index contributed by atoms with van der Waals surface area (Å²) in [6.45, 7) is 4.37. The number of para-hydroxylation sites is 1. The van der Waals surface area contributed by atoms with Crippen molar-refractivity contribution in [2.75, 3.05) is 6.61 Å². The van der Waals surface area contributed by atoms with E-state index in [0.29, 0.717) is 35.0 Å². The van der Waals surface area contributed by atoms with E-state index in [1.54, 1.807) is 54.9 Å². The molecule has 39 heavy (non-hydrogen) atoms. The molecule has 1 aliphatic heterocycles. The Kier molecular flexibility index (Phi) is 7.41. The molecule has 1 amide bonds. The number of aliphatic hydroxyl groups is 1. The number of amides is 1. The van der Waals surface area contributed by atoms with E-state index in [0.717, 1.165) is 11.1 Å². The monoisotopic (exact) mass is 520 g/mol. The van der Waals surface area contributed by atoms with Crippen molar-refractivity contribution in [1.29, 1.82) is 0 Å². The summed E-state index contributed by atoms with van der Waals surface area (Å²) in [6, 6.07) is 24.6. The minimum atomic E-state index is -0.838. The number of aryl methyl sites for hydroxylation is 1. The van der Waals surface area contributed by atoms with Crippen molar-refractivity contribution in [3.05, 3.63) is 125 Å². The smallest absolute Gasteiger partial charge is 0.295 e. The number of likely N-dealkylation sites (tertiary alicyclic amines) is 1. The molecule has 0 saturated carbocycles. The number of ether oxygens (including phenoxy) is 2. The molecule has 1 aliphatic rings. The fraction of sp³-hybridized carbons (Fsp3) is 0.156. The number of carbonyl (C=O) groups is 2. The molecule has 1 aromatic heterocycles. The summed E-state index contributed by atoms with van der Waals surface area (Å²) < 4.78 is 11.6. The molecule has 2 heterocycles. The van der Waals surface area contributed by atoms with E-state index in [1.165, 1.54) is 4.90 Å². The SMILES string of the molecule is CCOc1ccc(C(O)=C2C(=O)C(=O)N(Cc3cccnc3)C2c2cccc(Oc3ccccc3)c2)c(C)c1. The first-order valence-corrected chi connectivity index (χ1v) is 12.7. The highest BCUT2D eigenvalue weighted by Crippen LogP contribution is 2.42. The molecule has 1 unspecified atom stereocenters. The van der Waals surface area contributed by atoms with Gasteiger partial charge in [0.15, 0.2) is 0 Å². The van der Waals surface area contributed by atoms with Gasteiger partial charge in [0.25, 0.3) is 11.7 Å². The van der Waals surface area contributed by atoms with Crippen LogP contribution in [0.4, 0.5) is 0 Å². The van der Waals surface area contributed by atoms with Crippen LogP contribution in [-0.2, 0) is 16.1 Å². The molecule has 5 rings (SSSR count). The minimum Gasteiger partial charge on any atom is -0.507 e. The number of nitrogens with zero attached hydrogens (tertiary/aromatic N) is 2. The standard InChI is InChI=1S/C32H28N2O5/c1-3-38-25-14-15-27(21(2)17-25)30(35)28-29(34(32(37)31(28)36)20-22-9-8-16-33-19-22)23-10-7-13-26(18-23)39-24-11-5-4-6-12-24/h4-19,29,35H,3,20H2,1-2H3. The first-order chi connectivity index (χ1) is 19.0. The number of benzene rings is 3. The molecule has 0 bridgehead atoms. The molecule has 0 spiro atoms. The molecule has 0 radical (unpaired) electrons. The highest BCUT2D eigenvalue weighted by Gasteiger charge is 2.46. The van der Waals surface area contributed by atoms with Crippen LogP contribution < -0.4 is 9.47 Å². The van der Waals surface area contributed by atoms with Crippen molar-refractivity contribution in [1.82, 2.24) is 9.88 Å². The number of Topliss-reactive ketones (excluding diaryl/α,β-unsaturated/α-hetero) is 1. The van der Waals surface area contributed by atoms with Gasteiger partial charge in [0, 0.05) is 24.5 Å². The second-order valence-corrected chi connectivity index (χ2v) is 9.19. The molecule has 1 atom stereocenters. The number of ketones is 1. The maximum Gasteiger partial charge on any atom is 0.295 e. The van der Waals surface area contributed by atoms with Crippen LogP contribution in [0.1, 0.15) is 35.2 Å². The van der Waals surface area contributed by atoms with Crippen LogP contribution in [0.3, 0.4) is 0 Å². The van der Waals surface area contributed by atoms with Crippen molar-refractivity contribution in [2.45, 2.75) is 26.4 Å². The third-order valence-electron chi connectivity index (χ3n) is 6.53. The Hall–Kier alpha value is -4.91. The van der Waals surface area contributed by atoms with E-state index in [2.05, 4.69) is 4.98 Å². The van der Waals surface area contributed by atoms with Gasteiger partial charge in [-0.2, -0.15) is 0 Å². The Labute approximate surface area is 227 Å². The fourth-order valence-electron chi connectivity index (χ4n) is 4.75. The summed E-state index contributed by atoms with van der Waals surface area (Å²) in [6.07, 6.45) is 3.30. The third-order valence-corrected chi connectivity index (χ3v) is 6.53. The summed E-state index contributed by atoms with van der Waals surface area (Å²) in [5.41, 5.74) is 2.60. The van der Waals surface area contributed by atoms with Gasteiger partial charge in [-0.3, -0.25) is 14.6 Å². The lowest BCUT2D eigenvalue weighted by Crippen LogP contribution is -2.29. The molecule has 0 aliphatic carbocycles. The van der Waals surface area contributed by atoms with Gasteiger partial charge in [0.05, 0.1) is 18.2 Å². The van der Waals surface area contributed by atoms with Gasteiger partial charge >= 0.3 is 0 Å². The highest BCUT2D eigenvalue weighted by atomic mass is 16.5. The first kappa shape index (κ1) is 25.7. The quantitative estimate of drug-likeness (QED) is 0.169. The number of carbonyl (C=O) groups excluding carboxylic acids is 2. The zero-order chi connectivity index (χ0) is 27.4. The summed E-state index contributed by atoms with van der Waals surface area (Å²) in [5, 5.41) is 11.5. The largest absolute Gasteiger partial charge is 0.507 e. The Morgan fingerprint density at radius 2 is 1.72 bits per heavy atom. The molecule has 196 valence electrons. The van der Waals surface area contributed by atoms with E-state index < -0.39 is 17.7 Å². The van der Waals surface area contributed by atoms with Gasteiger partial charge in [-0.25, -0.2) is 0 Å². The van der Waals surface area contributed by atoms with Crippen molar-refractivity contribution in [3.8, 4) is 17.2 Å². The zero-order valence-corrected chi connectivity index (χ0v) is 21.7. The van der Waals surface area contributed by atoms with E-state index in [4.69, 9.17) is 9.47 Å². The lowest BCUT2D eigenvalue weighted by atomic mass is 9.93. The summed E-state index contributed by atoms with van der Waals surface area (Å²) >= 11 is 0. The second-order valence-electron chi connectivity index (χ2n) is 9.19. The molecule has 7 nitrogen and oxygen atoms in total. The number of aliphatic hydroxyl groups excluding tert-OH is 1. The third kappa shape index (κ3) is 5.38. The molecule has 1 fully saturated rings. The van der Waals surface area contributed by atoms with Crippen LogP contribution in [0.25, 0.3) is 5.76 Å². The topological polar surface area (TPSA) is 89.0 Å². The minimum absolute atomic E-state index is 0.0213. The zero-order valence-electron chi connectivity index (χ0n) is 21.7. The van der Waals surface area contributed by atoms with Crippen molar-refractivity contribution < 1.29 is 24.2 Å². The predicted octanol–water partition coefficient (Wildman–Crippen LogP) is 6.20. The van der Waals surface area contributed by atoms with E-state index in [9.17, 15) is 14.7 Å². The lowest BCUT2D eigenvalue weighted by Gasteiger charge is -2.26. The van der Waals surface area contributed by atoms with Crippen LogP contribution in [0.2, 0.25) is 0 Å². The van der Waals surface area contributed by atoms with Crippen molar-refractivity contribution >= 4 is 17.4 Å². The molecule has 1 saturated heterocycles. The van der Waals surface area contributed by atoms with Crippen LogP contribution in [-0.4, -0.2) is 33.3 Å². The van der Waals surface area contributed by atoms with Gasteiger partial charge in [-0.15, -0.1) is 0 Å². The second kappa shape index (κ2) is 11.2. The summed E-state index contributed by atoms with van der Waals surface area (Å²) in [7, 11) is 0. The fourth-order valence-corrected chi connectivity index (χ4v) is 4.75. The Morgan fingerprint density at radius 1 is 0.923 bits per heavy atom. The van der Waals surface area contributed by atoms with Gasteiger partial charge in [0.2, 0.25) is 0 Å². The van der Waals surface area contributed by atoms with Crippen LogP contribution in [0, 0.1) is 6.92 Å². The van der Waals surface area contributed by atoms with Crippen LogP contribution in [0.15, 0.2) is 103 Å². The Morgan fingerprint density at radius 3 is 2.44 bits per heavy atom. The number of pyridine rings is 1. The molecular weight excluding hydrogens is 492 g/mol. The molecule has 7 heteroatoms. The molecule has 3 aromatic carbocycles. The van der Waals surface area contributed by atoms with Crippen molar-refractivity contribution in [2.24, 2.45) is 0 Å². The number of aromatic nitrogens is 1. The number of rotatable bonds is 8. The van der Waals surface area contributed by atoms with Crippen LogP contribution >= 0.6 is 0 Å². The number of hydrogen-bond donors (Lipinski definition) is 1. The van der Waals surface area contributed by atoms with Gasteiger partial charge < -0.3 is 19.5 Å². The molecular formula is C32H28N2O5. The first-order valence-electron chi connectivity index (χ1n) is 12.7. The predicted molar refractivity (Wildman–Crippen MR) is 147 cm³/mol. The van der Waals surface area contributed by atoms with Gasteiger partial charge in [-0.1, -0.05) is 36.4 Å². The average molecular weight is 521 g/mol. The Bertz CT molecular complexity index is 1530. The number of hydrogen-bond acceptors (Lipinski definition) is 6.